The van der Waals surface area contributed by atoms with Gasteiger partial charge in [-0.3, -0.25) is 4.79 Å². The molecular weight excluding hydrogens is 426 g/mol. The summed E-state index contributed by atoms with van der Waals surface area (Å²) >= 11 is 0.967. The van der Waals surface area contributed by atoms with E-state index in [2.05, 4.69) is 5.32 Å². The molecule has 1 heterocycles. The summed E-state index contributed by atoms with van der Waals surface area (Å²) in [6.07, 6.45) is 0. The van der Waals surface area contributed by atoms with E-state index in [0.29, 0.717) is 18.7 Å². The molecule has 30 heavy (non-hydrogen) atoms. The molecule has 1 amide bonds. The molecule has 0 aliphatic carbocycles. The van der Waals surface area contributed by atoms with Gasteiger partial charge in [-0.1, -0.05) is 13.8 Å². The number of amides is 1. The van der Waals surface area contributed by atoms with Crippen LogP contribution in [0.15, 0.2) is 29.2 Å². The Balaban J connectivity index is 2.28. The first kappa shape index (κ1) is 23.5. The zero-order valence-electron chi connectivity index (χ0n) is 17.2. The van der Waals surface area contributed by atoms with Gasteiger partial charge in [0.25, 0.3) is 5.91 Å². The van der Waals surface area contributed by atoms with Gasteiger partial charge in [-0.25, -0.2) is 13.2 Å². The number of esters is 1. The maximum atomic E-state index is 12.6. The van der Waals surface area contributed by atoms with Crippen molar-refractivity contribution in [2.45, 2.75) is 32.6 Å². The normalized spacial score (nSPS) is 11.2. The Morgan fingerprint density at radius 2 is 1.77 bits per heavy atom. The number of nitrogens with zero attached hydrogens (tertiary/aromatic N) is 2. The van der Waals surface area contributed by atoms with E-state index in [9.17, 15) is 23.3 Å². The lowest BCUT2D eigenvalue weighted by atomic mass is 10.1. The van der Waals surface area contributed by atoms with Gasteiger partial charge in [0.2, 0.25) is 10.0 Å². The van der Waals surface area contributed by atoms with Crippen LogP contribution in [0.4, 0.5) is 5.00 Å². The van der Waals surface area contributed by atoms with Crippen molar-refractivity contribution in [1.82, 2.24) is 4.31 Å². The maximum Gasteiger partial charge on any atom is 0.348 e. The van der Waals surface area contributed by atoms with Crippen LogP contribution in [-0.2, 0) is 14.8 Å². The Morgan fingerprint density at radius 1 is 1.17 bits per heavy atom. The highest BCUT2D eigenvalue weighted by molar-refractivity contribution is 7.89. The monoisotopic (exact) mass is 449 g/mol. The summed E-state index contributed by atoms with van der Waals surface area (Å²) in [5, 5.41) is 12.3. The largest absolute Gasteiger partial charge is 0.462 e. The second-order valence-electron chi connectivity index (χ2n) is 6.16. The second kappa shape index (κ2) is 9.84. The number of ether oxygens (including phenoxy) is 1. The Hall–Kier alpha value is -2.74. The first-order valence-corrected chi connectivity index (χ1v) is 11.6. The number of hydrogen-bond acceptors (Lipinski definition) is 7. The molecule has 1 N–H and O–H groups in total. The van der Waals surface area contributed by atoms with Gasteiger partial charge in [0, 0.05) is 18.7 Å². The maximum absolute atomic E-state index is 12.6. The number of hydrogen-bond donors (Lipinski definition) is 1. The smallest absolute Gasteiger partial charge is 0.348 e. The SMILES string of the molecule is CCOC(=O)c1sc(NC(=O)c2ccc(S(=O)(=O)N(CC)CC)cc2)c(C#N)c1C. The molecule has 0 fully saturated rings. The van der Waals surface area contributed by atoms with E-state index >= 15 is 0 Å². The van der Waals surface area contributed by atoms with Gasteiger partial charge in [-0.15, -0.1) is 11.3 Å². The Bertz CT molecular complexity index is 1080. The molecule has 0 saturated carbocycles. The molecule has 1 aromatic heterocycles. The van der Waals surface area contributed by atoms with Crippen molar-refractivity contribution < 1.29 is 22.7 Å². The number of nitrogens with one attached hydrogen (secondary N) is 1. The molecule has 0 unspecified atom stereocenters. The lowest BCUT2D eigenvalue weighted by Gasteiger charge is -2.18. The van der Waals surface area contributed by atoms with E-state index in [1.807, 2.05) is 6.07 Å². The zero-order chi connectivity index (χ0) is 22.5. The van der Waals surface area contributed by atoms with E-state index < -0.39 is 21.9 Å². The lowest BCUT2D eigenvalue weighted by molar-refractivity contribution is 0.0531. The fraction of sp³-hybridized carbons (Fsp3) is 0.350. The topological polar surface area (TPSA) is 117 Å². The van der Waals surface area contributed by atoms with Crippen molar-refractivity contribution >= 4 is 38.2 Å². The average molecular weight is 450 g/mol. The van der Waals surface area contributed by atoms with Crippen LogP contribution < -0.4 is 5.32 Å². The molecular formula is C20H23N3O5S2. The van der Waals surface area contributed by atoms with Crippen molar-refractivity contribution in [3.8, 4) is 6.07 Å². The molecule has 0 bridgehead atoms. The summed E-state index contributed by atoms with van der Waals surface area (Å²) in [5.74, 6) is -1.07. The van der Waals surface area contributed by atoms with E-state index in [1.165, 1.54) is 28.6 Å². The molecule has 0 spiro atoms. The van der Waals surface area contributed by atoms with Crippen molar-refractivity contribution in [1.29, 1.82) is 5.26 Å². The fourth-order valence-corrected chi connectivity index (χ4v) is 5.30. The van der Waals surface area contributed by atoms with Crippen LogP contribution in [0.2, 0.25) is 0 Å². The number of benzene rings is 1. The standard InChI is InChI=1S/C20H23N3O5S2/c1-5-23(6-2)30(26,27)15-10-8-14(9-11-15)18(24)22-19-16(12-21)13(4)17(29-19)20(25)28-7-3/h8-11H,5-7H2,1-4H3,(H,22,24). The highest BCUT2D eigenvalue weighted by Crippen LogP contribution is 2.33. The number of nitriles is 1. The Morgan fingerprint density at radius 3 is 2.27 bits per heavy atom. The van der Waals surface area contributed by atoms with Crippen LogP contribution in [0.1, 0.15) is 51.9 Å². The average Bonchev–Trinajstić information content (AvgIpc) is 3.04. The van der Waals surface area contributed by atoms with E-state index in [4.69, 9.17) is 4.74 Å². The predicted octanol–water partition coefficient (Wildman–Crippen LogP) is 3.39. The highest BCUT2D eigenvalue weighted by Gasteiger charge is 2.24. The van der Waals surface area contributed by atoms with E-state index in [0.717, 1.165) is 11.3 Å². The summed E-state index contributed by atoms with van der Waals surface area (Å²) < 4.78 is 31.4. The van der Waals surface area contributed by atoms with Gasteiger partial charge >= 0.3 is 5.97 Å². The molecule has 8 nitrogen and oxygen atoms in total. The number of carbonyl (C=O) groups excluding carboxylic acids is 2. The van der Waals surface area contributed by atoms with Gasteiger partial charge in [0.05, 0.1) is 17.1 Å². The van der Waals surface area contributed by atoms with Crippen LogP contribution >= 0.6 is 11.3 Å². The van der Waals surface area contributed by atoms with Gasteiger partial charge in [0.15, 0.2) is 0 Å². The summed E-state index contributed by atoms with van der Waals surface area (Å²) in [6, 6.07) is 7.55. The number of anilines is 1. The summed E-state index contributed by atoms with van der Waals surface area (Å²) in [4.78, 5) is 25.0. The van der Waals surface area contributed by atoms with Crippen LogP contribution in [-0.4, -0.2) is 44.3 Å². The zero-order valence-corrected chi connectivity index (χ0v) is 18.8. The number of carbonyl (C=O) groups is 2. The first-order valence-electron chi connectivity index (χ1n) is 9.33. The second-order valence-corrected chi connectivity index (χ2v) is 9.12. The molecule has 0 saturated heterocycles. The van der Waals surface area contributed by atoms with Gasteiger partial charge in [-0.2, -0.15) is 9.57 Å². The van der Waals surface area contributed by atoms with Crippen molar-refractivity contribution in [3.63, 3.8) is 0 Å². The molecule has 0 radical (unpaired) electrons. The summed E-state index contributed by atoms with van der Waals surface area (Å²) in [7, 11) is -3.62. The van der Waals surface area contributed by atoms with Gasteiger partial charge in [-0.05, 0) is 43.7 Å². The third-order valence-electron chi connectivity index (χ3n) is 4.41. The number of rotatable bonds is 8. The molecule has 160 valence electrons. The van der Waals surface area contributed by atoms with Gasteiger partial charge < -0.3 is 10.1 Å². The van der Waals surface area contributed by atoms with Crippen LogP contribution in [0.5, 0.6) is 0 Å². The molecule has 0 aliphatic heterocycles. The molecule has 1 aromatic carbocycles. The summed E-state index contributed by atoms with van der Waals surface area (Å²) in [6.45, 7) is 7.69. The van der Waals surface area contributed by atoms with E-state index in [-0.39, 0.29) is 32.5 Å². The predicted molar refractivity (Wildman–Crippen MR) is 114 cm³/mol. The minimum absolute atomic E-state index is 0.0945. The molecule has 10 heteroatoms. The lowest BCUT2D eigenvalue weighted by Crippen LogP contribution is -2.30. The highest BCUT2D eigenvalue weighted by atomic mass is 32.2. The van der Waals surface area contributed by atoms with E-state index in [1.54, 1.807) is 27.7 Å². The molecule has 0 aliphatic rings. The quantitative estimate of drug-likeness (QED) is 0.618. The first-order chi connectivity index (χ1) is 14.2. The third kappa shape index (κ3) is 4.70. The molecule has 0 atom stereocenters. The summed E-state index contributed by atoms with van der Waals surface area (Å²) in [5.41, 5.74) is 0.857. The Kier molecular flexibility index (Phi) is 7.72. The minimum Gasteiger partial charge on any atom is -0.462 e. The van der Waals surface area contributed by atoms with Crippen LogP contribution in [0, 0.1) is 18.3 Å². The molecule has 2 rings (SSSR count). The van der Waals surface area contributed by atoms with Crippen molar-refractivity contribution in [2.75, 3.05) is 25.0 Å². The fourth-order valence-electron chi connectivity index (χ4n) is 2.79. The number of sulfonamides is 1. The van der Waals surface area contributed by atoms with Crippen LogP contribution in [0.3, 0.4) is 0 Å². The minimum atomic E-state index is -3.62. The van der Waals surface area contributed by atoms with Crippen molar-refractivity contribution in [3.05, 3.63) is 45.8 Å². The van der Waals surface area contributed by atoms with Crippen LogP contribution in [0.25, 0.3) is 0 Å². The third-order valence-corrected chi connectivity index (χ3v) is 7.66. The van der Waals surface area contributed by atoms with Gasteiger partial charge in [0.1, 0.15) is 15.9 Å². The number of thiophene rings is 1. The van der Waals surface area contributed by atoms with Crippen molar-refractivity contribution in [2.24, 2.45) is 0 Å². The Labute approximate surface area is 180 Å². The molecule has 2 aromatic rings.